The van der Waals surface area contributed by atoms with Crippen LogP contribution in [0.3, 0.4) is 0 Å². The first-order valence-corrected chi connectivity index (χ1v) is 7.56. The van der Waals surface area contributed by atoms with Gasteiger partial charge in [0.05, 0.1) is 11.1 Å². The first-order chi connectivity index (χ1) is 10.5. The normalized spacial score (nSPS) is 14.6. The summed E-state index contributed by atoms with van der Waals surface area (Å²) in [6, 6.07) is 4.04. The van der Waals surface area contributed by atoms with Crippen LogP contribution < -0.4 is 0 Å². The molecule has 0 saturated carbocycles. The van der Waals surface area contributed by atoms with Gasteiger partial charge in [0.2, 0.25) is 0 Å². The van der Waals surface area contributed by atoms with E-state index in [1.165, 1.54) is 18.2 Å². The van der Waals surface area contributed by atoms with E-state index < -0.39 is 11.9 Å². The van der Waals surface area contributed by atoms with E-state index in [2.05, 4.69) is 6.92 Å². The monoisotopic (exact) mass is 304 g/mol. The molecule has 1 aliphatic rings. The molecule has 0 saturated heterocycles. The van der Waals surface area contributed by atoms with E-state index in [4.69, 9.17) is 4.74 Å². The van der Waals surface area contributed by atoms with Crippen LogP contribution in [0.15, 0.2) is 23.8 Å². The van der Waals surface area contributed by atoms with Crippen molar-refractivity contribution in [2.45, 2.75) is 45.4 Å². The highest BCUT2D eigenvalue weighted by Crippen LogP contribution is 2.34. The van der Waals surface area contributed by atoms with Crippen molar-refractivity contribution < 1.29 is 24.5 Å². The van der Waals surface area contributed by atoms with Gasteiger partial charge in [-0.25, -0.2) is 9.59 Å². The largest absolute Gasteiger partial charge is 0.504 e. The summed E-state index contributed by atoms with van der Waals surface area (Å²) in [4.78, 5) is 23.7. The van der Waals surface area contributed by atoms with Crippen molar-refractivity contribution in [1.29, 1.82) is 0 Å². The lowest BCUT2D eigenvalue weighted by Crippen LogP contribution is -2.02. The summed E-state index contributed by atoms with van der Waals surface area (Å²) in [5.41, 5.74) is 0.928. The third kappa shape index (κ3) is 3.47. The molecule has 1 heterocycles. The Morgan fingerprint density at radius 1 is 0.955 bits per heavy atom. The van der Waals surface area contributed by atoms with Gasteiger partial charge in [0, 0.05) is 0 Å². The Labute approximate surface area is 129 Å². The summed E-state index contributed by atoms with van der Waals surface area (Å²) in [7, 11) is 0. The van der Waals surface area contributed by atoms with E-state index in [9.17, 15) is 19.8 Å². The van der Waals surface area contributed by atoms with Gasteiger partial charge in [-0.05, 0) is 30.5 Å². The Morgan fingerprint density at radius 3 is 2.36 bits per heavy atom. The Hall–Kier alpha value is -2.30. The van der Waals surface area contributed by atoms with E-state index in [0.29, 0.717) is 17.6 Å². The fourth-order valence-electron chi connectivity index (χ4n) is 2.53. The minimum absolute atomic E-state index is 0.191. The highest BCUT2D eigenvalue weighted by molar-refractivity contribution is 6.30. The van der Waals surface area contributed by atoms with E-state index in [0.717, 1.165) is 32.1 Å². The van der Waals surface area contributed by atoms with Gasteiger partial charge in [-0.1, -0.05) is 38.7 Å². The fraction of sp³-hybridized carbons (Fsp3) is 0.412. The second kappa shape index (κ2) is 7.11. The van der Waals surface area contributed by atoms with Gasteiger partial charge in [-0.2, -0.15) is 0 Å². The number of benzene rings is 1. The van der Waals surface area contributed by atoms with Crippen molar-refractivity contribution in [1.82, 2.24) is 0 Å². The quantitative estimate of drug-likeness (QED) is 0.349. The van der Waals surface area contributed by atoms with Crippen molar-refractivity contribution in [2.24, 2.45) is 0 Å². The van der Waals surface area contributed by atoms with Gasteiger partial charge in [-0.15, -0.1) is 0 Å². The van der Waals surface area contributed by atoms with Crippen LogP contribution in [0.2, 0.25) is 0 Å². The number of carbonyl (C=O) groups is 2. The van der Waals surface area contributed by atoms with Crippen LogP contribution in [0.4, 0.5) is 0 Å². The number of ether oxygens (including phenoxy) is 1. The topological polar surface area (TPSA) is 83.8 Å². The zero-order chi connectivity index (χ0) is 16.1. The van der Waals surface area contributed by atoms with Crippen LogP contribution in [0.1, 0.15) is 51.0 Å². The van der Waals surface area contributed by atoms with Crippen LogP contribution in [0, 0.1) is 0 Å². The summed E-state index contributed by atoms with van der Waals surface area (Å²) in [5, 5.41) is 18.9. The molecule has 0 fully saturated rings. The number of phenolic OH excluding ortho intramolecular Hbond substituents is 2. The van der Waals surface area contributed by atoms with Crippen LogP contribution in [0.5, 0.6) is 11.5 Å². The average Bonchev–Trinajstić information content (AvgIpc) is 2.76. The third-order valence-electron chi connectivity index (χ3n) is 3.73. The van der Waals surface area contributed by atoms with Gasteiger partial charge in [-0.3, -0.25) is 0 Å². The van der Waals surface area contributed by atoms with Crippen LogP contribution in [0.25, 0.3) is 5.57 Å². The van der Waals surface area contributed by atoms with Gasteiger partial charge in [0.25, 0.3) is 0 Å². The number of esters is 2. The predicted molar refractivity (Wildman–Crippen MR) is 81.2 cm³/mol. The average molecular weight is 304 g/mol. The lowest BCUT2D eigenvalue weighted by atomic mass is 9.97. The smallest absolute Gasteiger partial charge is 0.347 e. The van der Waals surface area contributed by atoms with Crippen molar-refractivity contribution in [3.8, 4) is 11.5 Å². The molecular weight excluding hydrogens is 284 g/mol. The third-order valence-corrected chi connectivity index (χ3v) is 3.73. The molecule has 2 rings (SSSR count). The molecule has 0 aromatic heterocycles. The number of carbonyl (C=O) groups excluding carboxylic acids is 2. The standard InChI is InChI=1S/C17H20O5/c1-2-3-4-5-6-7-12-15(17(21)22-16(12)20)11-8-9-13(18)14(19)10-11/h8-10,18-19H,2-7H2,1H3. The maximum absolute atomic E-state index is 11.9. The number of rotatable bonds is 7. The molecule has 0 aliphatic carbocycles. The van der Waals surface area contributed by atoms with Gasteiger partial charge in [0.15, 0.2) is 11.5 Å². The van der Waals surface area contributed by atoms with Crippen LogP contribution in [-0.4, -0.2) is 22.2 Å². The highest BCUT2D eigenvalue weighted by atomic mass is 16.6. The Kier molecular flexibility index (Phi) is 5.20. The minimum Gasteiger partial charge on any atom is -0.504 e. The van der Waals surface area contributed by atoms with Gasteiger partial charge in [0.1, 0.15) is 0 Å². The van der Waals surface area contributed by atoms with E-state index >= 15 is 0 Å². The van der Waals surface area contributed by atoms with E-state index in [1.54, 1.807) is 0 Å². The zero-order valence-electron chi connectivity index (χ0n) is 12.6. The number of hydrogen-bond acceptors (Lipinski definition) is 5. The second-order valence-electron chi connectivity index (χ2n) is 5.40. The van der Waals surface area contributed by atoms with E-state index in [1.807, 2.05) is 0 Å². The summed E-state index contributed by atoms with van der Waals surface area (Å²) in [5.74, 6) is -1.91. The summed E-state index contributed by atoms with van der Waals surface area (Å²) in [6.07, 6.45) is 5.67. The summed E-state index contributed by atoms with van der Waals surface area (Å²) < 4.78 is 4.69. The maximum atomic E-state index is 11.9. The molecule has 5 heteroatoms. The van der Waals surface area contributed by atoms with Crippen LogP contribution >= 0.6 is 0 Å². The summed E-state index contributed by atoms with van der Waals surface area (Å²) >= 11 is 0. The van der Waals surface area contributed by atoms with E-state index in [-0.39, 0.29) is 17.1 Å². The molecule has 0 atom stereocenters. The molecule has 2 N–H and O–H groups in total. The van der Waals surface area contributed by atoms with Crippen molar-refractivity contribution >= 4 is 17.5 Å². The zero-order valence-corrected chi connectivity index (χ0v) is 12.6. The predicted octanol–water partition coefficient (Wildman–Crippen LogP) is 3.30. The first-order valence-electron chi connectivity index (χ1n) is 7.56. The molecule has 22 heavy (non-hydrogen) atoms. The molecule has 0 amide bonds. The molecule has 0 unspecified atom stereocenters. The molecule has 1 aromatic rings. The lowest BCUT2D eigenvalue weighted by Gasteiger charge is -2.05. The molecule has 118 valence electrons. The Morgan fingerprint density at radius 2 is 1.68 bits per heavy atom. The molecular formula is C17H20O5. The van der Waals surface area contributed by atoms with Crippen LogP contribution in [-0.2, 0) is 14.3 Å². The molecule has 1 aliphatic heterocycles. The van der Waals surface area contributed by atoms with Crippen molar-refractivity contribution in [3.05, 3.63) is 29.3 Å². The molecule has 5 nitrogen and oxygen atoms in total. The lowest BCUT2D eigenvalue weighted by molar-refractivity contribution is -0.150. The van der Waals surface area contributed by atoms with Crippen molar-refractivity contribution in [3.63, 3.8) is 0 Å². The number of cyclic esters (lactones) is 2. The number of phenols is 2. The Bertz CT molecular complexity index is 615. The summed E-state index contributed by atoms with van der Waals surface area (Å²) in [6.45, 7) is 2.13. The number of aromatic hydroxyl groups is 2. The number of hydrogen-bond donors (Lipinski definition) is 2. The SMILES string of the molecule is CCCCCCCC1=C(c2ccc(O)c(O)c2)C(=O)OC1=O. The first kappa shape index (κ1) is 16.1. The molecule has 0 bridgehead atoms. The maximum Gasteiger partial charge on any atom is 0.347 e. The van der Waals surface area contributed by atoms with Gasteiger partial charge >= 0.3 is 11.9 Å². The molecule has 0 spiro atoms. The minimum atomic E-state index is -0.696. The number of unbranched alkanes of at least 4 members (excludes halogenated alkanes) is 4. The van der Waals surface area contributed by atoms with Gasteiger partial charge < -0.3 is 14.9 Å². The van der Waals surface area contributed by atoms with Crippen molar-refractivity contribution in [2.75, 3.05) is 0 Å². The highest BCUT2D eigenvalue weighted by Gasteiger charge is 2.33. The molecule has 0 radical (unpaired) electrons. The fourth-order valence-corrected chi connectivity index (χ4v) is 2.53. The second-order valence-corrected chi connectivity index (χ2v) is 5.40. The Balaban J connectivity index is 2.20. The molecule has 1 aromatic carbocycles.